The number of thioether (sulfide) groups is 1. The number of hydrogen-bond donors (Lipinski definition) is 1. The molecule has 0 aliphatic heterocycles. The van der Waals surface area contributed by atoms with Crippen LogP contribution in [0.5, 0.6) is 5.75 Å². The fraction of sp³-hybridized carbons (Fsp3) is 0.250. The van der Waals surface area contributed by atoms with Crippen LogP contribution in [0.4, 0.5) is 11.4 Å². The third-order valence-electron chi connectivity index (χ3n) is 4.37. The van der Waals surface area contributed by atoms with Gasteiger partial charge in [-0.2, -0.15) is 0 Å². The summed E-state index contributed by atoms with van der Waals surface area (Å²) in [6.45, 7) is 4.64. The lowest BCUT2D eigenvalue weighted by Gasteiger charge is -2.10. The van der Waals surface area contributed by atoms with Gasteiger partial charge in [-0.15, -0.1) is 10.2 Å². The third-order valence-corrected chi connectivity index (χ3v) is 6.08. The summed E-state index contributed by atoms with van der Waals surface area (Å²) in [6.07, 6.45) is 0. The van der Waals surface area contributed by atoms with Crippen molar-refractivity contribution in [2.24, 2.45) is 0 Å². The van der Waals surface area contributed by atoms with E-state index in [-0.39, 0.29) is 34.7 Å². The number of rotatable bonds is 9. The molecule has 2 aromatic carbocycles. The summed E-state index contributed by atoms with van der Waals surface area (Å²) in [5.41, 5.74) is 0.925. The molecular weight excluding hydrogens is 477 g/mol. The number of nitro benzene ring substituents is 1. The van der Waals surface area contributed by atoms with Gasteiger partial charge in [-0.1, -0.05) is 35.0 Å². The van der Waals surface area contributed by atoms with Crippen LogP contribution in [0, 0.1) is 17.0 Å². The number of hydrogen-bond acceptors (Lipinski definition) is 7. The van der Waals surface area contributed by atoms with E-state index < -0.39 is 4.92 Å². The van der Waals surface area contributed by atoms with E-state index >= 15 is 0 Å². The van der Waals surface area contributed by atoms with E-state index in [1.807, 2.05) is 24.5 Å². The number of aryl methyl sites for hydroxylation is 1. The molecule has 0 unspecified atom stereocenters. The van der Waals surface area contributed by atoms with E-state index in [9.17, 15) is 14.9 Å². The molecule has 1 N–H and O–H groups in total. The Labute approximate surface area is 198 Å². The number of carbonyl (C=O) groups is 1. The molecule has 0 spiro atoms. The number of carbonyl (C=O) groups excluding carboxylic acids is 1. The summed E-state index contributed by atoms with van der Waals surface area (Å²) in [4.78, 5) is 22.7. The minimum atomic E-state index is -0.606. The number of nitrogens with one attached hydrogen (secondary N) is 1. The highest BCUT2D eigenvalue weighted by molar-refractivity contribution is 7.99. The molecule has 1 amide bonds. The van der Waals surface area contributed by atoms with Crippen molar-refractivity contribution in [2.75, 3.05) is 11.1 Å². The Morgan fingerprint density at radius 3 is 2.66 bits per heavy atom. The summed E-state index contributed by atoms with van der Waals surface area (Å²) >= 11 is 13.0. The molecule has 3 aromatic rings. The average molecular weight is 496 g/mol. The Kier molecular flexibility index (Phi) is 7.94. The monoisotopic (exact) mass is 495 g/mol. The van der Waals surface area contributed by atoms with Crippen molar-refractivity contribution in [3.8, 4) is 5.75 Å². The van der Waals surface area contributed by atoms with Crippen molar-refractivity contribution in [1.29, 1.82) is 0 Å². The first-order valence-corrected chi connectivity index (χ1v) is 11.2. The van der Waals surface area contributed by atoms with E-state index in [2.05, 4.69) is 15.5 Å². The van der Waals surface area contributed by atoms with Crippen LogP contribution in [0.2, 0.25) is 10.0 Å². The van der Waals surface area contributed by atoms with Crippen molar-refractivity contribution in [2.45, 2.75) is 32.2 Å². The third kappa shape index (κ3) is 5.90. The molecule has 1 aromatic heterocycles. The number of benzene rings is 2. The average Bonchev–Trinajstić information content (AvgIpc) is 3.16. The van der Waals surface area contributed by atoms with Crippen LogP contribution in [-0.4, -0.2) is 31.3 Å². The second-order valence-corrected chi connectivity index (χ2v) is 8.36. The van der Waals surface area contributed by atoms with Gasteiger partial charge in [-0.25, -0.2) is 0 Å². The molecule has 0 saturated heterocycles. The summed E-state index contributed by atoms with van der Waals surface area (Å²) in [5.74, 6) is 0.998. The molecule has 0 aliphatic rings. The zero-order valence-electron chi connectivity index (χ0n) is 17.2. The quantitative estimate of drug-likeness (QED) is 0.248. The lowest BCUT2D eigenvalue weighted by molar-refractivity contribution is -0.384. The molecule has 0 radical (unpaired) electrons. The van der Waals surface area contributed by atoms with Crippen LogP contribution in [0.25, 0.3) is 0 Å². The Balaban J connectivity index is 1.60. The molecule has 168 valence electrons. The summed E-state index contributed by atoms with van der Waals surface area (Å²) in [7, 11) is 0. The normalized spacial score (nSPS) is 10.8. The number of nitrogens with zero attached hydrogens (tertiary/aromatic N) is 4. The van der Waals surface area contributed by atoms with Crippen LogP contribution >= 0.6 is 35.0 Å². The fourth-order valence-corrected chi connectivity index (χ4v) is 3.89. The van der Waals surface area contributed by atoms with Crippen molar-refractivity contribution < 1.29 is 14.5 Å². The maximum Gasteiger partial charge on any atom is 0.289 e. The number of amides is 1. The molecule has 0 bridgehead atoms. The smallest absolute Gasteiger partial charge is 0.289 e. The number of anilines is 1. The highest BCUT2D eigenvalue weighted by Gasteiger charge is 2.16. The Hall–Kier alpha value is -2.82. The van der Waals surface area contributed by atoms with Crippen molar-refractivity contribution >= 4 is 52.2 Å². The Morgan fingerprint density at radius 1 is 1.22 bits per heavy atom. The molecule has 0 aliphatic carbocycles. The van der Waals surface area contributed by atoms with Gasteiger partial charge in [0, 0.05) is 23.3 Å². The largest absolute Gasteiger partial charge is 0.486 e. The van der Waals surface area contributed by atoms with E-state index in [1.54, 1.807) is 12.1 Å². The molecule has 9 nitrogen and oxygen atoms in total. The van der Waals surface area contributed by atoms with E-state index in [0.29, 0.717) is 28.3 Å². The summed E-state index contributed by atoms with van der Waals surface area (Å²) < 4.78 is 7.65. The molecule has 3 rings (SSSR count). The van der Waals surface area contributed by atoms with Crippen molar-refractivity contribution in [1.82, 2.24) is 14.8 Å². The Morgan fingerprint density at radius 2 is 1.97 bits per heavy atom. The lowest BCUT2D eigenvalue weighted by atomic mass is 10.2. The number of nitro groups is 1. The van der Waals surface area contributed by atoms with Gasteiger partial charge in [0.05, 0.1) is 10.7 Å². The second kappa shape index (κ2) is 10.7. The maximum absolute atomic E-state index is 12.3. The zero-order valence-corrected chi connectivity index (χ0v) is 19.5. The lowest BCUT2D eigenvalue weighted by Crippen LogP contribution is -2.15. The highest BCUT2D eigenvalue weighted by Crippen LogP contribution is 2.28. The zero-order chi connectivity index (χ0) is 23.3. The summed E-state index contributed by atoms with van der Waals surface area (Å²) in [5, 5.41) is 23.2. The van der Waals surface area contributed by atoms with Gasteiger partial charge in [0.25, 0.3) is 5.69 Å². The van der Waals surface area contributed by atoms with Crippen LogP contribution in [-0.2, 0) is 17.9 Å². The molecule has 12 heteroatoms. The van der Waals surface area contributed by atoms with Gasteiger partial charge in [-0.05, 0) is 49.7 Å². The van der Waals surface area contributed by atoms with Gasteiger partial charge in [0.2, 0.25) is 5.91 Å². The number of halogens is 2. The van der Waals surface area contributed by atoms with Gasteiger partial charge in [-0.3, -0.25) is 14.9 Å². The minimum Gasteiger partial charge on any atom is -0.486 e. The van der Waals surface area contributed by atoms with Crippen molar-refractivity contribution in [3.63, 3.8) is 0 Å². The molecule has 0 atom stereocenters. The molecular formula is C20H19Cl2N5O4S. The maximum atomic E-state index is 12.3. The van der Waals surface area contributed by atoms with Crippen LogP contribution < -0.4 is 10.1 Å². The van der Waals surface area contributed by atoms with Crippen LogP contribution in [0.3, 0.4) is 0 Å². The molecule has 0 saturated carbocycles. The predicted molar refractivity (Wildman–Crippen MR) is 124 cm³/mol. The van der Waals surface area contributed by atoms with E-state index in [1.165, 1.54) is 30.0 Å². The van der Waals surface area contributed by atoms with Gasteiger partial charge < -0.3 is 14.6 Å². The SMILES string of the molecule is CCn1c(COc2ccc(Cl)c(C)c2)nnc1SCC(=O)Nc1ccc(Cl)c([N+](=O)[O-])c1. The molecule has 0 fully saturated rings. The van der Waals surface area contributed by atoms with Crippen LogP contribution in [0.15, 0.2) is 41.6 Å². The minimum absolute atomic E-state index is 0.00179. The first kappa shape index (κ1) is 23.8. The first-order chi connectivity index (χ1) is 15.3. The number of ether oxygens (including phenoxy) is 1. The van der Waals surface area contributed by atoms with Gasteiger partial charge >= 0.3 is 0 Å². The molecule has 32 heavy (non-hydrogen) atoms. The van der Waals surface area contributed by atoms with Gasteiger partial charge in [0.1, 0.15) is 17.4 Å². The van der Waals surface area contributed by atoms with Crippen molar-refractivity contribution in [3.05, 3.63) is 67.9 Å². The second-order valence-electron chi connectivity index (χ2n) is 6.60. The summed E-state index contributed by atoms with van der Waals surface area (Å²) in [6, 6.07) is 9.48. The first-order valence-electron chi connectivity index (χ1n) is 9.46. The van der Waals surface area contributed by atoms with E-state index in [4.69, 9.17) is 27.9 Å². The van der Waals surface area contributed by atoms with Crippen LogP contribution in [0.1, 0.15) is 18.3 Å². The van der Waals surface area contributed by atoms with Gasteiger partial charge in [0.15, 0.2) is 11.0 Å². The Bertz CT molecular complexity index is 1160. The number of aromatic nitrogens is 3. The standard InChI is InChI=1S/C20H19Cl2N5O4S/c1-3-26-18(10-31-14-5-7-15(21)12(2)8-14)24-25-20(26)32-11-19(28)23-13-4-6-16(22)17(9-13)27(29)30/h4-9H,3,10-11H2,1-2H3,(H,23,28). The predicted octanol–water partition coefficient (Wildman–Crippen LogP) is 5.13. The van der Waals surface area contributed by atoms with E-state index in [0.717, 1.165) is 5.56 Å². The topological polar surface area (TPSA) is 112 Å². The fourth-order valence-electron chi connectivity index (χ4n) is 2.76. The highest BCUT2D eigenvalue weighted by atomic mass is 35.5. The molecule has 1 heterocycles.